The smallest absolute Gasteiger partial charge is 0.387 e. The third-order valence-corrected chi connectivity index (χ3v) is 5.11. The van der Waals surface area contributed by atoms with E-state index in [4.69, 9.17) is 4.42 Å². The number of anilines is 2. The van der Waals surface area contributed by atoms with Gasteiger partial charge in [0.1, 0.15) is 6.54 Å². The molecule has 9 heteroatoms. The van der Waals surface area contributed by atoms with E-state index >= 15 is 0 Å². The van der Waals surface area contributed by atoms with Gasteiger partial charge in [-0.3, -0.25) is 9.59 Å². The van der Waals surface area contributed by atoms with E-state index in [1.807, 2.05) is 11.4 Å². The largest absolute Gasteiger partial charge is 0.437 e. The molecule has 0 bridgehead atoms. The monoisotopic (exact) mass is 384 g/mol. The van der Waals surface area contributed by atoms with Crippen molar-refractivity contribution in [3.63, 3.8) is 0 Å². The molecule has 8 nitrogen and oxygen atoms in total. The third kappa shape index (κ3) is 3.28. The molecule has 2 amide bonds. The first kappa shape index (κ1) is 17.2. The zero-order chi connectivity index (χ0) is 19.0. The van der Waals surface area contributed by atoms with E-state index in [1.165, 1.54) is 16.2 Å². The number of nitrogens with zero attached hydrogens (tertiary/aromatic N) is 3. The topological polar surface area (TPSA) is 97.4 Å². The zero-order valence-corrected chi connectivity index (χ0v) is 15.2. The minimum Gasteiger partial charge on any atom is -0.387 e. The standard InChI is InChI=1S/C18H16N4O4S/c1-11-9-15(23)19-12-5-2-3-6-13(12)22(11)16(24)10-21-18(25)26-17(20-21)14-7-4-8-27-14/h2-8,11H,9-10H2,1H3,(H,19,23)/t11-/m0/s1. The van der Waals surface area contributed by atoms with Gasteiger partial charge in [-0.15, -0.1) is 16.4 Å². The molecule has 1 aromatic carbocycles. The fourth-order valence-corrected chi connectivity index (χ4v) is 3.72. The molecule has 3 heterocycles. The van der Waals surface area contributed by atoms with E-state index in [2.05, 4.69) is 10.4 Å². The number of para-hydroxylation sites is 2. The lowest BCUT2D eigenvalue weighted by Gasteiger charge is -2.27. The summed E-state index contributed by atoms with van der Waals surface area (Å²) in [5.41, 5.74) is 1.16. The van der Waals surface area contributed by atoms with Crippen molar-refractivity contribution in [2.75, 3.05) is 10.2 Å². The van der Waals surface area contributed by atoms with Gasteiger partial charge in [0.2, 0.25) is 11.8 Å². The Balaban J connectivity index is 1.65. The van der Waals surface area contributed by atoms with E-state index < -0.39 is 5.76 Å². The van der Waals surface area contributed by atoms with Crippen LogP contribution in [0.25, 0.3) is 10.8 Å². The van der Waals surface area contributed by atoms with Crippen molar-refractivity contribution in [3.05, 3.63) is 52.3 Å². The molecule has 0 aliphatic carbocycles. The van der Waals surface area contributed by atoms with Crippen LogP contribution >= 0.6 is 11.3 Å². The molecule has 0 unspecified atom stereocenters. The summed E-state index contributed by atoms with van der Waals surface area (Å²) in [6.45, 7) is 1.52. The average Bonchev–Trinajstić information content (AvgIpc) is 3.24. The first-order valence-corrected chi connectivity index (χ1v) is 9.23. The number of carbonyl (C=O) groups is 2. The molecule has 3 aromatic rings. The predicted octanol–water partition coefficient (Wildman–Crippen LogP) is 2.33. The molecule has 0 saturated heterocycles. The number of thiophene rings is 1. The third-order valence-electron chi connectivity index (χ3n) is 4.25. The van der Waals surface area contributed by atoms with E-state index in [-0.39, 0.29) is 36.7 Å². The van der Waals surface area contributed by atoms with Crippen molar-refractivity contribution in [1.82, 2.24) is 9.78 Å². The summed E-state index contributed by atoms with van der Waals surface area (Å²) < 4.78 is 6.16. The van der Waals surface area contributed by atoms with E-state index in [0.717, 1.165) is 4.68 Å². The average molecular weight is 384 g/mol. The maximum atomic E-state index is 13.0. The Hall–Kier alpha value is -3.20. The number of rotatable bonds is 3. The molecule has 0 saturated carbocycles. The lowest BCUT2D eigenvalue weighted by atomic mass is 10.1. The van der Waals surface area contributed by atoms with Crippen LogP contribution in [-0.2, 0) is 16.1 Å². The molecule has 27 heavy (non-hydrogen) atoms. The van der Waals surface area contributed by atoms with Gasteiger partial charge in [0.25, 0.3) is 5.89 Å². The minimum atomic E-state index is -0.697. The lowest BCUT2D eigenvalue weighted by molar-refractivity contribution is -0.120. The Morgan fingerprint density at radius 1 is 1.30 bits per heavy atom. The van der Waals surface area contributed by atoms with Crippen LogP contribution in [0.4, 0.5) is 11.4 Å². The van der Waals surface area contributed by atoms with Crippen molar-refractivity contribution in [2.45, 2.75) is 25.9 Å². The number of fused-ring (bicyclic) bond motifs is 1. The summed E-state index contributed by atoms with van der Waals surface area (Å²) in [7, 11) is 0. The van der Waals surface area contributed by atoms with Gasteiger partial charge in [-0.05, 0) is 30.5 Å². The second-order valence-electron chi connectivity index (χ2n) is 6.19. The zero-order valence-electron chi connectivity index (χ0n) is 14.4. The van der Waals surface area contributed by atoms with Gasteiger partial charge >= 0.3 is 5.76 Å². The summed E-state index contributed by atoms with van der Waals surface area (Å²) in [6.07, 6.45) is 0.161. The van der Waals surface area contributed by atoms with Crippen molar-refractivity contribution < 1.29 is 14.0 Å². The molecular formula is C18H16N4O4S. The van der Waals surface area contributed by atoms with Crippen molar-refractivity contribution in [1.29, 1.82) is 0 Å². The molecule has 1 N–H and O–H groups in total. The van der Waals surface area contributed by atoms with Gasteiger partial charge < -0.3 is 14.6 Å². The first-order chi connectivity index (χ1) is 13.0. The van der Waals surface area contributed by atoms with Crippen molar-refractivity contribution in [2.24, 2.45) is 0 Å². The molecular weight excluding hydrogens is 368 g/mol. The highest BCUT2D eigenvalue weighted by atomic mass is 32.1. The Bertz CT molecular complexity index is 1050. The normalized spacial score (nSPS) is 16.6. The molecule has 4 rings (SSSR count). The SMILES string of the molecule is C[C@H]1CC(=O)Nc2ccccc2N1C(=O)Cn1nc(-c2cccs2)oc1=O. The number of hydrogen-bond donors (Lipinski definition) is 1. The molecule has 1 atom stereocenters. The number of nitrogens with one attached hydrogen (secondary N) is 1. The lowest BCUT2D eigenvalue weighted by Crippen LogP contribution is -2.42. The summed E-state index contributed by atoms with van der Waals surface area (Å²) >= 11 is 1.39. The van der Waals surface area contributed by atoms with Crippen LogP contribution in [-0.4, -0.2) is 27.6 Å². The predicted molar refractivity (Wildman–Crippen MR) is 101 cm³/mol. The number of hydrogen-bond acceptors (Lipinski definition) is 6. The molecule has 138 valence electrons. The Morgan fingerprint density at radius 3 is 2.89 bits per heavy atom. The fraction of sp³-hybridized carbons (Fsp3) is 0.222. The van der Waals surface area contributed by atoms with Gasteiger partial charge in [-0.25, -0.2) is 4.79 Å². The van der Waals surface area contributed by atoms with Crippen LogP contribution in [0, 0.1) is 0 Å². The Kier molecular flexibility index (Phi) is 4.36. The van der Waals surface area contributed by atoms with E-state index in [0.29, 0.717) is 16.3 Å². The first-order valence-electron chi connectivity index (χ1n) is 8.35. The number of aromatic nitrogens is 2. The molecule has 0 radical (unpaired) electrons. The highest BCUT2D eigenvalue weighted by Gasteiger charge is 2.30. The van der Waals surface area contributed by atoms with Gasteiger partial charge in [0.15, 0.2) is 0 Å². The van der Waals surface area contributed by atoms with Crippen LogP contribution < -0.4 is 16.0 Å². The van der Waals surface area contributed by atoms with Gasteiger partial charge in [0.05, 0.1) is 16.3 Å². The van der Waals surface area contributed by atoms with Crippen LogP contribution in [0.3, 0.4) is 0 Å². The minimum absolute atomic E-state index is 0.161. The van der Waals surface area contributed by atoms with Crippen molar-refractivity contribution in [3.8, 4) is 10.8 Å². The number of benzene rings is 1. The van der Waals surface area contributed by atoms with Crippen LogP contribution in [0.2, 0.25) is 0 Å². The van der Waals surface area contributed by atoms with Gasteiger partial charge in [-0.2, -0.15) is 4.68 Å². The molecule has 0 spiro atoms. The molecule has 0 fully saturated rings. The van der Waals surface area contributed by atoms with E-state index in [1.54, 1.807) is 37.3 Å². The molecule has 1 aliphatic heterocycles. The highest BCUT2D eigenvalue weighted by Crippen LogP contribution is 2.31. The molecule has 1 aliphatic rings. The maximum absolute atomic E-state index is 13.0. The van der Waals surface area contributed by atoms with E-state index in [9.17, 15) is 14.4 Å². The highest BCUT2D eigenvalue weighted by molar-refractivity contribution is 7.13. The maximum Gasteiger partial charge on any atom is 0.437 e. The van der Waals surface area contributed by atoms with Crippen LogP contribution in [0.1, 0.15) is 13.3 Å². The van der Waals surface area contributed by atoms with Crippen molar-refractivity contribution >= 4 is 34.5 Å². The Morgan fingerprint density at radius 2 is 2.11 bits per heavy atom. The van der Waals surface area contributed by atoms with Crippen LogP contribution in [0.5, 0.6) is 0 Å². The summed E-state index contributed by atoms with van der Waals surface area (Å²) in [4.78, 5) is 39.4. The summed E-state index contributed by atoms with van der Waals surface area (Å²) in [6, 6.07) is 10.3. The quantitative estimate of drug-likeness (QED) is 0.747. The summed E-state index contributed by atoms with van der Waals surface area (Å²) in [5, 5.41) is 8.77. The second-order valence-corrected chi connectivity index (χ2v) is 7.14. The second kappa shape index (κ2) is 6.84. The Labute approximate surface area is 158 Å². The fourth-order valence-electron chi connectivity index (χ4n) is 3.08. The number of amides is 2. The number of carbonyl (C=O) groups excluding carboxylic acids is 2. The van der Waals surface area contributed by atoms with Gasteiger partial charge in [-0.1, -0.05) is 18.2 Å². The summed E-state index contributed by atoms with van der Waals surface area (Å²) in [5.74, 6) is -1.02. The van der Waals surface area contributed by atoms with Crippen LogP contribution in [0.15, 0.2) is 51.0 Å². The van der Waals surface area contributed by atoms with Gasteiger partial charge in [0, 0.05) is 12.5 Å². The molecule has 2 aromatic heterocycles.